The Kier molecular flexibility index (Phi) is 5.48. The molecule has 1 heterocycles. The van der Waals surface area contributed by atoms with Gasteiger partial charge in [-0.2, -0.15) is 4.31 Å². The minimum absolute atomic E-state index is 0.0193. The van der Waals surface area contributed by atoms with Gasteiger partial charge in [0.25, 0.3) is 0 Å². The van der Waals surface area contributed by atoms with E-state index in [1.807, 2.05) is 0 Å². The first-order valence-electron chi connectivity index (χ1n) is 5.92. The normalized spacial score (nSPS) is 11.5. The average Bonchev–Trinajstić information content (AvgIpc) is 2.38. The number of aliphatic hydroxyl groups excluding tert-OH is 1. The number of hydrogen-bond donors (Lipinski definition) is 1. The van der Waals surface area contributed by atoms with Gasteiger partial charge in [-0.25, -0.2) is 8.42 Å². The van der Waals surface area contributed by atoms with Gasteiger partial charge in [0.2, 0.25) is 10.0 Å². The van der Waals surface area contributed by atoms with Crippen molar-refractivity contribution in [3.05, 3.63) is 24.0 Å². The van der Waals surface area contributed by atoms with Crippen LogP contribution >= 0.6 is 0 Å². The van der Waals surface area contributed by atoms with Crippen LogP contribution in [0.2, 0.25) is 0 Å². The summed E-state index contributed by atoms with van der Waals surface area (Å²) in [7, 11) is -2.01. The maximum absolute atomic E-state index is 12.3. The molecule has 1 aromatic heterocycles. The van der Waals surface area contributed by atoms with Crippen LogP contribution in [0.1, 0.15) is 25.8 Å². The van der Waals surface area contributed by atoms with Gasteiger partial charge in [-0.15, -0.1) is 0 Å². The van der Waals surface area contributed by atoms with Crippen molar-refractivity contribution in [2.75, 3.05) is 13.7 Å². The molecule has 5 nitrogen and oxygen atoms in total. The minimum Gasteiger partial charge on any atom is -0.395 e. The maximum atomic E-state index is 12.3. The van der Waals surface area contributed by atoms with Crippen LogP contribution in [0.3, 0.4) is 0 Å². The molecule has 0 bridgehead atoms. The Morgan fingerprint density at radius 3 is 2.68 bits per heavy atom. The third kappa shape index (κ3) is 4.03. The first-order chi connectivity index (χ1) is 8.89. The zero-order valence-electron chi connectivity index (χ0n) is 11.3. The van der Waals surface area contributed by atoms with Gasteiger partial charge in [-0.05, 0) is 19.9 Å². The highest BCUT2D eigenvalue weighted by Gasteiger charge is 2.23. The van der Waals surface area contributed by atoms with Crippen molar-refractivity contribution in [1.82, 2.24) is 9.29 Å². The minimum atomic E-state index is -3.54. The first-order valence-corrected chi connectivity index (χ1v) is 7.36. The lowest BCUT2D eigenvalue weighted by atomic mass is 10.3. The van der Waals surface area contributed by atoms with Crippen LogP contribution in [-0.2, 0) is 10.0 Å². The van der Waals surface area contributed by atoms with Gasteiger partial charge in [0, 0.05) is 37.5 Å². The molecule has 0 aromatic carbocycles. The highest BCUT2D eigenvalue weighted by molar-refractivity contribution is 7.89. The third-order valence-electron chi connectivity index (χ3n) is 2.59. The molecule has 19 heavy (non-hydrogen) atoms. The molecule has 0 amide bonds. The Bertz CT molecular complexity index is 585. The molecule has 0 saturated heterocycles. The van der Waals surface area contributed by atoms with Gasteiger partial charge in [0.1, 0.15) is 4.90 Å². The average molecular weight is 282 g/mol. The predicted molar refractivity (Wildman–Crippen MR) is 72.9 cm³/mol. The summed E-state index contributed by atoms with van der Waals surface area (Å²) in [6.07, 6.45) is 3.16. The number of pyridine rings is 1. The Morgan fingerprint density at radius 1 is 1.42 bits per heavy atom. The fraction of sp³-hybridized carbons (Fsp3) is 0.462. The summed E-state index contributed by atoms with van der Waals surface area (Å²) < 4.78 is 25.8. The molecule has 0 radical (unpaired) electrons. The maximum Gasteiger partial charge on any atom is 0.244 e. The second kappa shape index (κ2) is 6.66. The van der Waals surface area contributed by atoms with Crippen LogP contribution in [-0.4, -0.2) is 42.5 Å². The van der Waals surface area contributed by atoms with Gasteiger partial charge < -0.3 is 5.11 Å². The highest BCUT2D eigenvalue weighted by atomic mass is 32.2. The molecule has 0 aliphatic heterocycles. The lowest BCUT2D eigenvalue weighted by Gasteiger charge is -2.20. The molecule has 1 N–H and O–H groups in total. The van der Waals surface area contributed by atoms with E-state index in [4.69, 9.17) is 5.11 Å². The lowest BCUT2D eigenvalue weighted by molar-refractivity contribution is 0.305. The zero-order chi connectivity index (χ0) is 14.5. The Hall–Kier alpha value is -1.42. The van der Waals surface area contributed by atoms with E-state index in [0.717, 1.165) is 0 Å². The van der Waals surface area contributed by atoms with Crippen LogP contribution in [0.15, 0.2) is 23.4 Å². The van der Waals surface area contributed by atoms with E-state index in [1.165, 1.54) is 29.8 Å². The molecule has 6 heteroatoms. The largest absolute Gasteiger partial charge is 0.395 e. The molecule has 0 aliphatic rings. The van der Waals surface area contributed by atoms with Crippen molar-refractivity contribution in [3.8, 4) is 11.8 Å². The lowest BCUT2D eigenvalue weighted by Crippen LogP contribution is -2.33. The van der Waals surface area contributed by atoms with E-state index >= 15 is 0 Å². The quantitative estimate of drug-likeness (QED) is 0.831. The Labute approximate surface area is 114 Å². The Balaban J connectivity index is 3.10. The van der Waals surface area contributed by atoms with Gasteiger partial charge in [0.15, 0.2) is 0 Å². The number of aromatic nitrogens is 1. The van der Waals surface area contributed by atoms with Gasteiger partial charge >= 0.3 is 0 Å². The van der Waals surface area contributed by atoms with E-state index in [2.05, 4.69) is 16.8 Å². The summed E-state index contributed by atoms with van der Waals surface area (Å²) in [6.45, 7) is 3.58. The fourth-order valence-electron chi connectivity index (χ4n) is 1.29. The summed E-state index contributed by atoms with van der Waals surface area (Å²) in [5.41, 5.74) is 0.520. The predicted octanol–water partition coefficient (Wildman–Crippen LogP) is 0.844. The Morgan fingerprint density at radius 2 is 2.11 bits per heavy atom. The second-order valence-electron chi connectivity index (χ2n) is 4.30. The highest BCUT2D eigenvalue weighted by Crippen LogP contribution is 2.16. The molecule has 0 saturated carbocycles. The molecule has 0 fully saturated rings. The van der Waals surface area contributed by atoms with E-state index in [0.29, 0.717) is 12.0 Å². The standard InChI is InChI=1S/C13H18N2O3S/c1-11(2)15(3)19(17,18)13-8-12(9-14-10-13)6-4-5-7-16/h8-11,16H,5,7H2,1-3H3. The van der Waals surface area contributed by atoms with Gasteiger partial charge in [0.05, 0.1) is 6.61 Å². The first kappa shape index (κ1) is 15.6. The number of nitrogens with zero attached hydrogens (tertiary/aromatic N) is 2. The molecule has 0 aliphatic carbocycles. The summed E-state index contributed by atoms with van der Waals surface area (Å²) in [5, 5.41) is 8.64. The van der Waals surface area contributed by atoms with Gasteiger partial charge in [-0.1, -0.05) is 11.8 Å². The number of sulfonamides is 1. The molecule has 1 rings (SSSR count). The molecule has 1 aromatic rings. The molecule has 104 valence electrons. The summed E-state index contributed by atoms with van der Waals surface area (Å²) in [6, 6.07) is 1.36. The van der Waals surface area contributed by atoms with Crippen molar-refractivity contribution in [2.45, 2.75) is 31.2 Å². The van der Waals surface area contributed by atoms with E-state index < -0.39 is 10.0 Å². The summed E-state index contributed by atoms with van der Waals surface area (Å²) >= 11 is 0. The van der Waals surface area contributed by atoms with E-state index in [1.54, 1.807) is 13.8 Å². The SMILES string of the molecule is CC(C)N(C)S(=O)(=O)c1cncc(C#CCCO)c1. The van der Waals surface area contributed by atoms with Crippen LogP contribution in [0.4, 0.5) is 0 Å². The molecular weight excluding hydrogens is 264 g/mol. The molecular formula is C13H18N2O3S. The van der Waals surface area contributed by atoms with Crippen LogP contribution in [0.5, 0.6) is 0 Å². The molecule has 0 unspecified atom stereocenters. The van der Waals surface area contributed by atoms with Crippen molar-refractivity contribution >= 4 is 10.0 Å². The van der Waals surface area contributed by atoms with Crippen LogP contribution in [0, 0.1) is 11.8 Å². The van der Waals surface area contributed by atoms with Crippen molar-refractivity contribution in [2.24, 2.45) is 0 Å². The number of hydrogen-bond acceptors (Lipinski definition) is 4. The topological polar surface area (TPSA) is 70.5 Å². The number of rotatable bonds is 4. The van der Waals surface area contributed by atoms with Crippen LogP contribution < -0.4 is 0 Å². The van der Waals surface area contributed by atoms with E-state index in [9.17, 15) is 8.42 Å². The third-order valence-corrected chi connectivity index (χ3v) is 4.59. The van der Waals surface area contributed by atoms with E-state index in [-0.39, 0.29) is 17.5 Å². The molecule has 0 atom stereocenters. The van der Waals surface area contributed by atoms with Crippen molar-refractivity contribution in [3.63, 3.8) is 0 Å². The van der Waals surface area contributed by atoms with Crippen molar-refractivity contribution in [1.29, 1.82) is 0 Å². The number of aliphatic hydroxyl groups is 1. The zero-order valence-corrected chi connectivity index (χ0v) is 12.1. The molecule has 0 spiro atoms. The summed E-state index contributed by atoms with van der Waals surface area (Å²) in [5.74, 6) is 5.50. The monoisotopic (exact) mass is 282 g/mol. The van der Waals surface area contributed by atoms with Crippen molar-refractivity contribution < 1.29 is 13.5 Å². The van der Waals surface area contributed by atoms with Crippen LogP contribution in [0.25, 0.3) is 0 Å². The summed E-state index contributed by atoms with van der Waals surface area (Å²) in [4.78, 5) is 4.03. The smallest absolute Gasteiger partial charge is 0.244 e. The van der Waals surface area contributed by atoms with Gasteiger partial charge in [-0.3, -0.25) is 4.98 Å². The fourth-order valence-corrected chi connectivity index (χ4v) is 2.65. The second-order valence-corrected chi connectivity index (χ2v) is 6.30.